The zero-order chi connectivity index (χ0) is 13.1. The fourth-order valence-corrected chi connectivity index (χ4v) is 3.29. The summed E-state index contributed by atoms with van der Waals surface area (Å²) in [5.41, 5.74) is 0. The third kappa shape index (κ3) is 2.86. The first-order chi connectivity index (χ1) is 9.36. The summed E-state index contributed by atoms with van der Waals surface area (Å²) in [5, 5.41) is 3.42. The molecule has 0 radical (unpaired) electrons. The Labute approximate surface area is 115 Å². The average molecular weight is 261 g/mol. The second-order valence-electron chi connectivity index (χ2n) is 5.70. The Bertz CT molecular complexity index is 415. The van der Waals surface area contributed by atoms with Gasteiger partial charge in [0.15, 0.2) is 11.5 Å². The van der Waals surface area contributed by atoms with E-state index in [4.69, 9.17) is 9.47 Å². The van der Waals surface area contributed by atoms with E-state index < -0.39 is 0 Å². The molecule has 0 saturated heterocycles. The van der Waals surface area contributed by atoms with Crippen LogP contribution < -0.4 is 14.8 Å². The van der Waals surface area contributed by atoms with Crippen LogP contribution in [-0.4, -0.2) is 25.8 Å². The van der Waals surface area contributed by atoms with Crippen LogP contribution in [0.2, 0.25) is 0 Å². The monoisotopic (exact) mass is 261 g/mol. The van der Waals surface area contributed by atoms with Crippen molar-refractivity contribution in [3.63, 3.8) is 0 Å². The first-order valence-electron chi connectivity index (χ1n) is 7.42. The van der Waals surface area contributed by atoms with Crippen molar-refractivity contribution in [2.24, 2.45) is 5.92 Å². The number of ether oxygens (including phenoxy) is 2. The van der Waals surface area contributed by atoms with Gasteiger partial charge in [-0.15, -0.1) is 0 Å². The lowest BCUT2D eigenvalue weighted by Gasteiger charge is -2.33. The van der Waals surface area contributed by atoms with Crippen molar-refractivity contribution in [3.8, 4) is 11.5 Å². The molecule has 1 aromatic carbocycles. The molecule has 1 N–H and O–H groups in total. The molecule has 2 aliphatic rings. The standard InChI is InChI=1S/C16H23NO2/c1-17-13(10-12-6-2-3-7-12)16-11-18-14-8-4-5-9-15(14)19-16/h4-5,8-9,12-13,16-17H,2-3,6-7,10-11H2,1H3. The van der Waals surface area contributed by atoms with E-state index in [1.807, 2.05) is 31.3 Å². The zero-order valence-corrected chi connectivity index (χ0v) is 11.6. The number of para-hydroxylation sites is 2. The molecular formula is C16H23NO2. The van der Waals surface area contributed by atoms with Crippen molar-refractivity contribution in [1.29, 1.82) is 0 Å². The highest BCUT2D eigenvalue weighted by molar-refractivity contribution is 5.40. The Hall–Kier alpha value is -1.22. The van der Waals surface area contributed by atoms with Gasteiger partial charge in [0.1, 0.15) is 12.7 Å². The van der Waals surface area contributed by atoms with Crippen molar-refractivity contribution in [1.82, 2.24) is 5.32 Å². The first kappa shape index (κ1) is 12.8. The highest BCUT2D eigenvalue weighted by Crippen LogP contribution is 2.34. The molecule has 3 nitrogen and oxygen atoms in total. The first-order valence-corrected chi connectivity index (χ1v) is 7.42. The number of nitrogens with one attached hydrogen (secondary N) is 1. The maximum atomic E-state index is 6.11. The molecule has 3 heteroatoms. The summed E-state index contributed by atoms with van der Waals surface area (Å²) in [5.74, 6) is 2.61. The molecule has 0 bridgehead atoms. The lowest BCUT2D eigenvalue weighted by atomic mass is 9.95. The molecule has 0 amide bonds. The van der Waals surface area contributed by atoms with E-state index in [-0.39, 0.29) is 6.10 Å². The van der Waals surface area contributed by atoms with Crippen LogP contribution >= 0.6 is 0 Å². The van der Waals surface area contributed by atoms with E-state index in [1.165, 1.54) is 32.1 Å². The summed E-state index contributed by atoms with van der Waals surface area (Å²) >= 11 is 0. The van der Waals surface area contributed by atoms with E-state index in [2.05, 4.69) is 5.32 Å². The average Bonchev–Trinajstić information content (AvgIpc) is 2.97. The quantitative estimate of drug-likeness (QED) is 0.904. The third-order valence-corrected chi connectivity index (χ3v) is 4.41. The summed E-state index contributed by atoms with van der Waals surface area (Å²) in [6.45, 7) is 0.648. The molecule has 1 fully saturated rings. The predicted molar refractivity (Wildman–Crippen MR) is 75.8 cm³/mol. The van der Waals surface area contributed by atoms with Gasteiger partial charge in [-0.2, -0.15) is 0 Å². The van der Waals surface area contributed by atoms with Crippen LogP contribution in [0.15, 0.2) is 24.3 Å². The van der Waals surface area contributed by atoms with Crippen molar-refractivity contribution in [2.45, 2.75) is 44.2 Å². The van der Waals surface area contributed by atoms with E-state index in [1.54, 1.807) is 0 Å². The minimum atomic E-state index is 0.125. The minimum absolute atomic E-state index is 0.125. The minimum Gasteiger partial charge on any atom is -0.486 e. The Kier molecular flexibility index (Phi) is 3.92. The van der Waals surface area contributed by atoms with Crippen molar-refractivity contribution < 1.29 is 9.47 Å². The Morgan fingerprint density at radius 3 is 2.68 bits per heavy atom. The molecule has 19 heavy (non-hydrogen) atoms. The molecule has 0 aromatic heterocycles. The summed E-state index contributed by atoms with van der Waals surface area (Å²) in [4.78, 5) is 0. The van der Waals surface area contributed by atoms with E-state index >= 15 is 0 Å². The van der Waals surface area contributed by atoms with Gasteiger partial charge in [-0.1, -0.05) is 37.8 Å². The van der Waals surface area contributed by atoms with Gasteiger partial charge in [0.25, 0.3) is 0 Å². The lowest BCUT2D eigenvalue weighted by Crippen LogP contribution is -2.47. The number of benzene rings is 1. The fraction of sp³-hybridized carbons (Fsp3) is 0.625. The topological polar surface area (TPSA) is 30.5 Å². The molecule has 2 unspecified atom stereocenters. The van der Waals surface area contributed by atoms with Crippen molar-refractivity contribution in [2.75, 3.05) is 13.7 Å². The molecule has 1 saturated carbocycles. The predicted octanol–water partition coefficient (Wildman–Crippen LogP) is 2.99. The molecule has 0 spiro atoms. The number of fused-ring (bicyclic) bond motifs is 1. The van der Waals surface area contributed by atoms with Gasteiger partial charge >= 0.3 is 0 Å². The van der Waals surface area contributed by atoms with Crippen LogP contribution in [0.3, 0.4) is 0 Å². The second kappa shape index (κ2) is 5.83. The van der Waals surface area contributed by atoms with Gasteiger partial charge in [-0.25, -0.2) is 0 Å². The van der Waals surface area contributed by atoms with E-state index in [0.717, 1.165) is 17.4 Å². The van der Waals surface area contributed by atoms with Gasteiger partial charge in [-0.05, 0) is 31.5 Å². The summed E-state index contributed by atoms with van der Waals surface area (Å²) in [6.07, 6.45) is 6.87. The van der Waals surface area contributed by atoms with Gasteiger partial charge in [-0.3, -0.25) is 0 Å². The molecular weight excluding hydrogens is 238 g/mol. The number of hydrogen-bond acceptors (Lipinski definition) is 3. The summed E-state index contributed by atoms with van der Waals surface area (Å²) in [6, 6.07) is 8.32. The number of likely N-dealkylation sites (N-methyl/N-ethyl adjacent to an activating group) is 1. The fourth-order valence-electron chi connectivity index (χ4n) is 3.29. The van der Waals surface area contributed by atoms with Gasteiger partial charge in [0, 0.05) is 6.04 Å². The lowest BCUT2D eigenvalue weighted by molar-refractivity contribution is 0.0570. The number of hydrogen-bond donors (Lipinski definition) is 1. The van der Waals surface area contributed by atoms with Gasteiger partial charge in [0.2, 0.25) is 0 Å². The maximum absolute atomic E-state index is 6.11. The van der Waals surface area contributed by atoms with Crippen LogP contribution in [-0.2, 0) is 0 Å². The Morgan fingerprint density at radius 2 is 1.95 bits per heavy atom. The van der Waals surface area contributed by atoms with Crippen LogP contribution in [0.25, 0.3) is 0 Å². The maximum Gasteiger partial charge on any atom is 0.161 e. The van der Waals surface area contributed by atoms with Gasteiger partial charge < -0.3 is 14.8 Å². The highest BCUT2D eigenvalue weighted by atomic mass is 16.6. The zero-order valence-electron chi connectivity index (χ0n) is 11.6. The van der Waals surface area contributed by atoms with Crippen LogP contribution in [0.5, 0.6) is 11.5 Å². The SMILES string of the molecule is CNC(CC1CCCC1)C1COc2ccccc2O1. The highest BCUT2D eigenvalue weighted by Gasteiger charge is 2.30. The van der Waals surface area contributed by atoms with Crippen LogP contribution in [0, 0.1) is 5.92 Å². The second-order valence-corrected chi connectivity index (χ2v) is 5.70. The van der Waals surface area contributed by atoms with Gasteiger partial charge in [0.05, 0.1) is 0 Å². The Balaban J connectivity index is 1.64. The molecule has 1 aromatic rings. The van der Waals surface area contributed by atoms with Crippen molar-refractivity contribution >= 4 is 0 Å². The summed E-state index contributed by atoms with van der Waals surface area (Å²) < 4.78 is 11.9. The summed E-state index contributed by atoms with van der Waals surface area (Å²) in [7, 11) is 2.03. The Morgan fingerprint density at radius 1 is 1.21 bits per heavy atom. The molecule has 3 rings (SSSR count). The van der Waals surface area contributed by atoms with Crippen molar-refractivity contribution in [3.05, 3.63) is 24.3 Å². The molecule has 1 aliphatic heterocycles. The van der Waals surface area contributed by atoms with E-state index in [0.29, 0.717) is 12.6 Å². The molecule has 2 atom stereocenters. The largest absolute Gasteiger partial charge is 0.486 e. The third-order valence-electron chi connectivity index (χ3n) is 4.41. The van der Waals surface area contributed by atoms with Crippen LogP contribution in [0.1, 0.15) is 32.1 Å². The number of rotatable bonds is 4. The smallest absolute Gasteiger partial charge is 0.161 e. The van der Waals surface area contributed by atoms with Crippen LogP contribution in [0.4, 0.5) is 0 Å². The molecule has 1 heterocycles. The van der Waals surface area contributed by atoms with E-state index in [9.17, 15) is 0 Å². The normalized spacial score (nSPS) is 24.4. The molecule has 104 valence electrons. The molecule has 1 aliphatic carbocycles.